The normalized spacial score (nSPS) is 15.9. The summed E-state index contributed by atoms with van der Waals surface area (Å²) in [6.45, 7) is 0.370. The number of ether oxygens (including phenoxy) is 2. The van der Waals surface area contributed by atoms with E-state index in [-0.39, 0.29) is 25.1 Å². The fraction of sp³-hybridized carbons (Fsp3) is 0.222. The number of hydrogen-bond donors (Lipinski definition) is 0. The molecule has 2 aromatic rings. The van der Waals surface area contributed by atoms with Gasteiger partial charge in [0.05, 0.1) is 17.6 Å². The third kappa shape index (κ3) is 3.46. The molecule has 3 rings (SSSR count). The van der Waals surface area contributed by atoms with Crippen molar-refractivity contribution in [1.29, 1.82) is 5.26 Å². The van der Waals surface area contributed by atoms with E-state index in [9.17, 15) is 4.79 Å². The molecule has 0 spiro atoms. The minimum absolute atomic E-state index is 0.0848. The van der Waals surface area contributed by atoms with Crippen molar-refractivity contribution in [2.45, 2.75) is 13.0 Å². The van der Waals surface area contributed by atoms with Gasteiger partial charge in [0.2, 0.25) is 0 Å². The molecule has 23 heavy (non-hydrogen) atoms. The summed E-state index contributed by atoms with van der Waals surface area (Å²) in [5.41, 5.74) is 2.11. The van der Waals surface area contributed by atoms with E-state index in [2.05, 4.69) is 6.07 Å². The lowest BCUT2D eigenvalue weighted by atomic mass is 9.97. The van der Waals surface area contributed by atoms with Gasteiger partial charge in [-0.15, -0.1) is 0 Å². The lowest BCUT2D eigenvalue weighted by molar-refractivity contribution is -0.151. The minimum Gasteiger partial charge on any atom is -0.492 e. The van der Waals surface area contributed by atoms with E-state index in [1.807, 2.05) is 12.1 Å². The SMILES string of the molecule is N#Cc1ccccc1COC(=O)[C@H]1COc2ccc(Cl)cc2C1. The maximum absolute atomic E-state index is 12.2. The van der Waals surface area contributed by atoms with Gasteiger partial charge < -0.3 is 9.47 Å². The molecule has 0 saturated carbocycles. The molecule has 0 aromatic heterocycles. The lowest BCUT2D eigenvalue weighted by Gasteiger charge is -2.24. The lowest BCUT2D eigenvalue weighted by Crippen LogP contribution is -2.29. The Morgan fingerprint density at radius 3 is 3.00 bits per heavy atom. The highest BCUT2D eigenvalue weighted by atomic mass is 35.5. The van der Waals surface area contributed by atoms with Gasteiger partial charge in [-0.05, 0) is 36.2 Å². The van der Waals surface area contributed by atoms with Gasteiger partial charge in [0, 0.05) is 10.6 Å². The molecule has 5 heteroatoms. The number of carbonyl (C=O) groups is 1. The summed E-state index contributed by atoms with van der Waals surface area (Å²) in [5, 5.41) is 9.66. The first-order valence-electron chi connectivity index (χ1n) is 7.23. The Morgan fingerprint density at radius 1 is 1.35 bits per heavy atom. The van der Waals surface area contributed by atoms with Crippen molar-refractivity contribution in [3.63, 3.8) is 0 Å². The Morgan fingerprint density at radius 2 is 2.17 bits per heavy atom. The predicted octanol–water partition coefficient (Wildman–Crippen LogP) is 3.51. The highest BCUT2D eigenvalue weighted by molar-refractivity contribution is 6.30. The Kier molecular flexibility index (Phi) is 4.50. The molecule has 0 radical (unpaired) electrons. The van der Waals surface area contributed by atoms with E-state index in [0.29, 0.717) is 22.6 Å². The smallest absolute Gasteiger partial charge is 0.313 e. The number of hydrogen-bond acceptors (Lipinski definition) is 4. The summed E-state index contributed by atoms with van der Waals surface area (Å²) in [6.07, 6.45) is 0.536. The molecule has 1 atom stereocenters. The second-order valence-corrected chi connectivity index (χ2v) is 5.78. The minimum atomic E-state index is -0.366. The summed E-state index contributed by atoms with van der Waals surface area (Å²) >= 11 is 5.98. The Hall–Kier alpha value is -2.51. The van der Waals surface area contributed by atoms with Crippen LogP contribution in [0.1, 0.15) is 16.7 Å². The molecule has 1 aliphatic heterocycles. The zero-order valence-corrected chi connectivity index (χ0v) is 13.0. The molecule has 0 saturated heterocycles. The van der Waals surface area contributed by atoms with E-state index in [4.69, 9.17) is 26.3 Å². The van der Waals surface area contributed by atoms with Crippen LogP contribution in [0.2, 0.25) is 5.02 Å². The number of esters is 1. The molecule has 0 fully saturated rings. The van der Waals surface area contributed by atoms with Gasteiger partial charge in [-0.3, -0.25) is 4.79 Å². The molecule has 0 N–H and O–H groups in total. The van der Waals surface area contributed by atoms with Crippen LogP contribution in [0.3, 0.4) is 0 Å². The highest BCUT2D eigenvalue weighted by Gasteiger charge is 2.27. The summed E-state index contributed by atoms with van der Waals surface area (Å²) in [7, 11) is 0. The third-order valence-electron chi connectivity index (χ3n) is 3.77. The predicted molar refractivity (Wildman–Crippen MR) is 85.1 cm³/mol. The zero-order valence-electron chi connectivity index (χ0n) is 12.3. The Labute approximate surface area is 139 Å². The molecule has 0 unspecified atom stereocenters. The fourth-order valence-electron chi connectivity index (χ4n) is 2.54. The van der Waals surface area contributed by atoms with E-state index >= 15 is 0 Å². The molecule has 116 valence electrons. The molecular formula is C18H14ClNO3. The largest absolute Gasteiger partial charge is 0.492 e. The number of rotatable bonds is 3. The van der Waals surface area contributed by atoms with Crippen molar-refractivity contribution in [3.8, 4) is 11.8 Å². The van der Waals surface area contributed by atoms with Crippen LogP contribution >= 0.6 is 11.6 Å². The number of carbonyl (C=O) groups excluding carboxylic acids is 1. The van der Waals surface area contributed by atoms with Crippen LogP contribution in [-0.2, 0) is 22.6 Å². The van der Waals surface area contributed by atoms with Gasteiger partial charge in [0.15, 0.2) is 0 Å². The fourth-order valence-corrected chi connectivity index (χ4v) is 2.73. The Bertz CT molecular complexity index is 782. The quantitative estimate of drug-likeness (QED) is 0.809. The van der Waals surface area contributed by atoms with Gasteiger partial charge in [0.1, 0.15) is 19.0 Å². The van der Waals surface area contributed by atoms with Crippen molar-refractivity contribution in [2.75, 3.05) is 6.61 Å². The van der Waals surface area contributed by atoms with Crippen LogP contribution in [0.5, 0.6) is 5.75 Å². The van der Waals surface area contributed by atoms with E-state index in [1.165, 1.54) is 0 Å². The first kappa shape index (κ1) is 15.4. The molecule has 0 amide bonds. The maximum Gasteiger partial charge on any atom is 0.313 e. The number of nitrogens with zero attached hydrogens (tertiary/aromatic N) is 1. The summed E-state index contributed by atoms with van der Waals surface area (Å²) in [5.74, 6) is 0.0619. The van der Waals surface area contributed by atoms with Gasteiger partial charge >= 0.3 is 5.97 Å². The molecule has 0 bridgehead atoms. The first-order valence-corrected chi connectivity index (χ1v) is 7.61. The first-order chi connectivity index (χ1) is 11.2. The van der Waals surface area contributed by atoms with Crippen molar-refractivity contribution in [1.82, 2.24) is 0 Å². The average molecular weight is 328 g/mol. The van der Waals surface area contributed by atoms with Crippen molar-refractivity contribution in [3.05, 3.63) is 64.2 Å². The molecule has 2 aromatic carbocycles. The number of halogens is 1. The molecule has 0 aliphatic carbocycles. The van der Waals surface area contributed by atoms with Gasteiger partial charge in [-0.2, -0.15) is 5.26 Å². The summed E-state index contributed by atoms with van der Waals surface area (Å²) in [4.78, 5) is 12.2. The summed E-state index contributed by atoms with van der Waals surface area (Å²) in [6, 6.07) is 14.5. The van der Waals surface area contributed by atoms with Crippen LogP contribution in [0, 0.1) is 17.2 Å². The molecule has 4 nitrogen and oxygen atoms in total. The van der Waals surface area contributed by atoms with Crippen LogP contribution < -0.4 is 4.74 Å². The third-order valence-corrected chi connectivity index (χ3v) is 4.01. The van der Waals surface area contributed by atoms with Crippen molar-refractivity contribution in [2.24, 2.45) is 5.92 Å². The van der Waals surface area contributed by atoms with Crippen molar-refractivity contribution >= 4 is 17.6 Å². The van der Waals surface area contributed by atoms with Crippen LogP contribution in [0.4, 0.5) is 0 Å². The number of benzene rings is 2. The average Bonchev–Trinajstić information content (AvgIpc) is 2.59. The Balaban J connectivity index is 1.65. The molecule has 1 aliphatic rings. The zero-order chi connectivity index (χ0) is 16.2. The topological polar surface area (TPSA) is 59.3 Å². The second kappa shape index (κ2) is 6.72. The van der Waals surface area contributed by atoms with Gasteiger partial charge in [-0.25, -0.2) is 0 Å². The van der Waals surface area contributed by atoms with E-state index < -0.39 is 0 Å². The summed E-state index contributed by atoms with van der Waals surface area (Å²) < 4.78 is 10.9. The van der Waals surface area contributed by atoms with E-state index in [0.717, 1.165) is 11.3 Å². The number of nitriles is 1. The highest BCUT2D eigenvalue weighted by Crippen LogP contribution is 2.30. The van der Waals surface area contributed by atoms with Crippen LogP contribution in [0.15, 0.2) is 42.5 Å². The van der Waals surface area contributed by atoms with Crippen LogP contribution in [-0.4, -0.2) is 12.6 Å². The van der Waals surface area contributed by atoms with Gasteiger partial charge in [0.25, 0.3) is 0 Å². The standard InChI is InChI=1S/C18H14ClNO3/c19-16-5-6-17-14(8-16)7-15(11-22-17)18(21)23-10-13-4-2-1-3-12(13)9-20/h1-6,8,15H,7,10-11H2/t15-/m1/s1. The molecular weight excluding hydrogens is 314 g/mol. The second-order valence-electron chi connectivity index (χ2n) is 5.34. The monoisotopic (exact) mass is 327 g/mol. The van der Waals surface area contributed by atoms with E-state index in [1.54, 1.807) is 30.3 Å². The number of fused-ring (bicyclic) bond motifs is 1. The van der Waals surface area contributed by atoms with Crippen LogP contribution in [0.25, 0.3) is 0 Å². The maximum atomic E-state index is 12.2. The van der Waals surface area contributed by atoms with Crippen molar-refractivity contribution < 1.29 is 14.3 Å². The van der Waals surface area contributed by atoms with Gasteiger partial charge in [-0.1, -0.05) is 29.8 Å². The molecule has 1 heterocycles.